The number of hydrogen-bond donors (Lipinski definition) is 0. The highest BCUT2D eigenvalue weighted by Gasteiger charge is 2.22. The average Bonchev–Trinajstić information content (AvgIpc) is 3.02. The maximum Gasteiger partial charge on any atom is 0.211 e. The molecule has 1 aliphatic carbocycles. The van der Waals surface area contributed by atoms with E-state index in [-0.39, 0.29) is 5.78 Å². The molecule has 0 aliphatic heterocycles. The number of fused-ring (bicyclic) bond motifs is 2. The lowest BCUT2D eigenvalue weighted by atomic mass is 10.1. The van der Waals surface area contributed by atoms with Crippen molar-refractivity contribution >= 4 is 27.3 Å². The summed E-state index contributed by atoms with van der Waals surface area (Å²) < 4.78 is 3.00. The smallest absolute Gasteiger partial charge is 0.211 e. The van der Waals surface area contributed by atoms with Crippen LogP contribution in [-0.2, 0) is 6.42 Å². The minimum Gasteiger partial charge on any atom is -0.294 e. The maximum absolute atomic E-state index is 12.1. The van der Waals surface area contributed by atoms with E-state index in [1.165, 1.54) is 0 Å². The first-order chi connectivity index (χ1) is 9.83. The fourth-order valence-corrected chi connectivity index (χ4v) is 3.62. The lowest BCUT2D eigenvalue weighted by Crippen LogP contribution is -2.04. The predicted molar refractivity (Wildman–Crippen MR) is 78.6 cm³/mol. The third kappa shape index (κ3) is 1.78. The van der Waals surface area contributed by atoms with Crippen molar-refractivity contribution in [3.8, 4) is 5.13 Å². The monoisotopic (exact) mass is 283 g/mol. The minimum atomic E-state index is 0.213. The first-order valence-electron chi connectivity index (χ1n) is 6.79. The van der Waals surface area contributed by atoms with E-state index in [0.717, 1.165) is 45.9 Å². The maximum atomic E-state index is 12.1. The third-order valence-corrected chi connectivity index (χ3v) is 4.71. The molecule has 0 N–H and O–H groups in total. The van der Waals surface area contributed by atoms with Gasteiger partial charge in [0.2, 0.25) is 5.13 Å². The van der Waals surface area contributed by atoms with Crippen molar-refractivity contribution < 1.29 is 4.79 Å². The quantitative estimate of drug-likeness (QED) is 0.643. The minimum absolute atomic E-state index is 0.213. The van der Waals surface area contributed by atoms with Gasteiger partial charge < -0.3 is 0 Å². The zero-order chi connectivity index (χ0) is 13.5. The van der Waals surface area contributed by atoms with Crippen molar-refractivity contribution in [2.45, 2.75) is 25.7 Å². The predicted octanol–water partition coefficient (Wildman–Crippen LogP) is 3.39. The molecule has 100 valence electrons. The molecule has 0 saturated carbocycles. The molecule has 0 radical (unpaired) electrons. The van der Waals surface area contributed by atoms with Crippen LogP contribution in [0.15, 0.2) is 30.5 Å². The highest BCUT2D eigenvalue weighted by atomic mass is 32.1. The zero-order valence-electron chi connectivity index (χ0n) is 10.9. The van der Waals surface area contributed by atoms with E-state index in [2.05, 4.69) is 16.1 Å². The molecule has 0 amide bonds. The fraction of sp³-hybridized carbons (Fsp3) is 0.267. The SMILES string of the molecule is O=C1CCCCc2c1cnn2-c1nc2ccccc2s1. The molecular formula is C15H13N3OS. The van der Waals surface area contributed by atoms with Crippen LogP contribution in [0.3, 0.4) is 0 Å². The van der Waals surface area contributed by atoms with Gasteiger partial charge in [-0.2, -0.15) is 5.10 Å². The topological polar surface area (TPSA) is 47.8 Å². The number of rotatable bonds is 1. The van der Waals surface area contributed by atoms with E-state index in [9.17, 15) is 4.79 Å². The molecule has 5 heteroatoms. The van der Waals surface area contributed by atoms with Crippen LogP contribution in [0.1, 0.15) is 35.3 Å². The Bertz CT molecular complexity index is 769. The molecule has 20 heavy (non-hydrogen) atoms. The van der Waals surface area contributed by atoms with E-state index < -0.39 is 0 Å². The Morgan fingerprint density at radius 2 is 2.00 bits per heavy atom. The number of hydrogen-bond acceptors (Lipinski definition) is 4. The number of aromatic nitrogens is 3. The Hall–Kier alpha value is -2.01. The molecule has 0 bridgehead atoms. The number of carbonyl (C=O) groups excluding carboxylic acids is 1. The van der Waals surface area contributed by atoms with Crippen molar-refractivity contribution in [3.63, 3.8) is 0 Å². The van der Waals surface area contributed by atoms with Gasteiger partial charge in [-0.15, -0.1) is 0 Å². The molecule has 1 aromatic carbocycles. The van der Waals surface area contributed by atoms with Gasteiger partial charge in [0.15, 0.2) is 5.78 Å². The van der Waals surface area contributed by atoms with Gasteiger partial charge in [0.1, 0.15) is 0 Å². The van der Waals surface area contributed by atoms with Crippen LogP contribution in [-0.4, -0.2) is 20.5 Å². The summed E-state index contributed by atoms with van der Waals surface area (Å²) in [7, 11) is 0. The number of carbonyl (C=O) groups is 1. The highest BCUT2D eigenvalue weighted by molar-refractivity contribution is 7.20. The number of para-hydroxylation sites is 1. The van der Waals surface area contributed by atoms with Crippen LogP contribution in [0, 0.1) is 0 Å². The Morgan fingerprint density at radius 1 is 1.15 bits per heavy atom. The van der Waals surface area contributed by atoms with E-state index >= 15 is 0 Å². The van der Waals surface area contributed by atoms with Crippen molar-refractivity contribution in [2.24, 2.45) is 0 Å². The Morgan fingerprint density at radius 3 is 2.90 bits per heavy atom. The van der Waals surface area contributed by atoms with Crippen LogP contribution in [0.2, 0.25) is 0 Å². The Labute approximate surface area is 120 Å². The van der Waals surface area contributed by atoms with Crippen LogP contribution in [0.5, 0.6) is 0 Å². The second-order valence-corrected chi connectivity index (χ2v) is 6.02. The molecule has 3 aromatic rings. The standard InChI is InChI=1S/C15H13N3OS/c19-13-7-3-2-6-12-10(13)9-16-18(12)15-17-11-5-1-4-8-14(11)20-15/h1,4-5,8-9H,2-3,6-7H2. The number of Topliss-reactive ketones (excluding diaryl/α,β-unsaturated/α-hetero) is 1. The van der Waals surface area contributed by atoms with E-state index in [0.29, 0.717) is 6.42 Å². The normalized spacial score (nSPS) is 15.3. The summed E-state index contributed by atoms with van der Waals surface area (Å²) in [5.74, 6) is 0.213. The molecule has 4 nitrogen and oxygen atoms in total. The molecule has 1 aliphatic rings. The van der Waals surface area contributed by atoms with Gasteiger partial charge >= 0.3 is 0 Å². The molecule has 0 unspecified atom stereocenters. The van der Waals surface area contributed by atoms with E-state index in [1.54, 1.807) is 17.5 Å². The number of thiazole rings is 1. The lowest BCUT2D eigenvalue weighted by Gasteiger charge is -2.02. The van der Waals surface area contributed by atoms with Crippen LogP contribution >= 0.6 is 11.3 Å². The van der Waals surface area contributed by atoms with Gasteiger partial charge in [-0.25, -0.2) is 9.67 Å². The molecule has 0 atom stereocenters. The molecule has 0 spiro atoms. The first kappa shape index (κ1) is 11.8. The summed E-state index contributed by atoms with van der Waals surface area (Å²) in [5.41, 5.74) is 2.78. The van der Waals surface area contributed by atoms with Crippen molar-refractivity contribution in [2.75, 3.05) is 0 Å². The van der Waals surface area contributed by atoms with Crippen LogP contribution in [0.25, 0.3) is 15.3 Å². The second kappa shape index (κ2) is 4.52. The number of nitrogens with zero attached hydrogens (tertiary/aromatic N) is 3. The third-order valence-electron chi connectivity index (χ3n) is 3.70. The molecule has 4 rings (SSSR count). The summed E-state index contributed by atoms with van der Waals surface area (Å²) in [6.07, 6.45) is 5.24. The lowest BCUT2D eigenvalue weighted by molar-refractivity contribution is 0.0982. The van der Waals surface area contributed by atoms with Crippen LogP contribution < -0.4 is 0 Å². The fourth-order valence-electron chi connectivity index (χ4n) is 2.68. The summed E-state index contributed by atoms with van der Waals surface area (Å²) >= 11 is 1.61. The molecule has 2 heterocycles. The zero-order valence-corrected chi connectivity index (χ0v) is 11.7. The Kier molecular flexibility index (Phi) is 2.67. The van der Waals surface area contributed by atoms with Gasteiger partial charge in [-0.3, -0.25) is 4.79 Å². The summed E-state index contributed by atoms with van der Waals surface area (Å²) in [6.45, 7) is 0. The van der Waals surface area contributed by atoms with Gasteiger partial charge in [-0.05, 0) is 31.4 Å². The van der Waals surface area contributed by atoms with Crippen LogP contribution in [0.4, 0.5) is 0 Å². The summed E-state index contributed by atoms with van der Waals surface area (Å²) in [4.78, 5) is 16.7. The molecule has 2 aromatic heterocycles. The Balaban J connectivity index is 1.88. The number of benzene rings is 1. The van der Waals surface area contributed by atoms with E-state index in [1.807, 2.05) is 22.9 Å². The summed E-state index contributed by atoms with van der Waals surface area (Å²) in [6, 6.07) is 8.06. The van der Waals surface area contributed by atoms with Gasteiger partial charge in [0, 0.05) is 6.42 Å². The highest BCUT2D eigenvalue weighted by Crippen LogP contribution is 2.28. The largest absolute Gasteiger partial charge is 0.294 e. The van der Waals surface area contributed by atoms with Gasteiger partial charge in [0.25, 0.3) is 0 Å². The summed E-state index contributed by atoms with van der Waals surface area (Å²) in [5, 5.41) is 5.25. The first-order valence-corrected chi connectivity index (χ1v) is 7.60. The molecule has 0 fully saturated rings. The average molecular weight is 283 g/mol. The number of ketones is 1. The molecule has 0 saturated heterocycles. The van der Waals surface area contributed by atoms with Gasteiger partial charge in [0.05, 0.1) is 27.7 Å². The van der Waals surface area contributed by atoms with E-state index in [4.69, 9.17) is 0 Å². The van der Waals surface area contributed by atoms with Crippen molar-refractivity contribution in [3.05, 3.63) is 41.7 Å². The molecular weight excluding hydrogens is 270 g/mol. The second-order valence-electron chi connectivity index (χ2n) is 5.01. The van der Waals surface area contributed by atoms with Crippen molar-refractivity contribution in [1.29, 1.82) is 0 Å². The van der Waals surface area contributed by atoms with Crippen molar-refractivity contribution in [1.82, 2.24) is 14.8 Å². The van der Waals surface area contributed by atoms with Gasteiger partial charge in [-0.1, -0.05) is 23.5 Å².